The lowest BCUT2D eigenvalue weighted by atomic mass is 9.88. The molecule has 0 saturated carbocycles. The molecule has 0 radical (unpaired) electrons. The molecule has 0 fully saturated rings. The third kappa shape index (κ3) is 7.29. The second kappa shape index (κ2) is 7.28. The predicted molar refractivity (Wildman–Crippen MR) is 66.2 cm³/mol. The van der Waals surface area contributed by atoms with E-state index in [2.05, 4.69) is 31.4 Å². The number of rotatable bonds is 5. The first-order valence-corrected chi connectivity index (χ1v) is 5.58. The van der Waals surface area contributed by atoms with Gasteiger partial charge in [0.2, 0.25) is 0 Å². The predicted octanol–water partition coefficient (Wildman–Crippen LogP) is 2.27. The van der Waals surface area contributed by atoms with E-state index in [-0.39, 0.29) is 11.4 Å². The Balaban J connectivity index is 3.81. The topological polar surface area (TPSA) is 50.4 Å². The minimum atomic E-state index is -0.167. The lowest BCUT2D eigenvalue weighted by Crippen LogP contribution is -2.33. The number of hydrogen-bond donors (Lipinski definition) is 2. The Hall–Kier alpha value is -1.03. The van der Waals surface area contributed by atoms with Gasteiger partial charge in [0.1, 0.15) is 0 Å². The highest BCUT2D eigenvalue weighted by Crippen LogP contribution is 2.23. The maximum Gasteiger partial charge on any atom is 0.318 e. The van der Waals surface area contributed by atoms with Crippen molar-refractivity contribution < 1.29 is 9.53 Å². The maximum absolute atomic E-state index is 11.3. The van der Waals surface area contributed by atoms with Crippen LogP contribution in [-0.4, -0.2) is 26.3 Å². The number of carbonyl (C=O) groups excluding carboxylic acids is 1. The minimum Gasteiger partial charge on any atom is -0.385 e. The van der Waals surface area contributed by atoms with E-state index < -0.39 is 0 Å². The second-order valence-corrected chi connectivity index (χ2v) is 4.82. The third-order valence-electron chi connectivity index (χ3n) is 2.41. The Morgan fingerprint density at radius 2 is 2.00 bits per heavy atom. The minimum absolute atomic E-state index is 0.0866. The normalized spacial score (nSPS) is 12.4. The highest BCUT2D eigenvalue weighted by Gasteiger charge is 2.12. The molecule has 0 aromatic heterocycles. The Kier molecular flexibility index (Phi) is 6.81. The first kappa shape index (κ1) is 15.0. The summed E-state index contributed by atoms with van der Waals surface area (Å²) in [5, 5.41) is 5.46. The van der Waals surface area contributed by atoms with Crippen LogP contribution in [-0.2, 0) is 4.74 Å². The number of ether oxygens (including phenoxy) is 1. The molecule has 0 heterocycles. The fourth-order valence-electron chi connectivity index (χ4n) is 0.860. The van der Waals surface area contributed by atoms with Gasteiger partial charge in [0.25, 0.3) is 0 Å². The molecule has 0 rings (SSSR count). The van der Waals surface area contributed by atoms with Gasteiger partial charge in [-0.2, -0.15) is 0 Å². The first-order valence-electron chi connectivity index (χ1n) is 5.58. The van der Waals surface area contributed by atoms with Gasteiger partial charge in [-0.05, 0) is 18.8 Å². The highest BCUT2D eigenvalue weighted by atomic mass is 16.5. The van der Waals surface area contributed by atoms with Gasteiger partial charge < -0.3 is 15.4 Å². The van der Waals surface area contributed by atoms with Crippen molar-refractivity contribution in [2.24, 2.45) is 5.41 Å². The number of urea groups is 1. The largest absolute Gasteiger partial charge is 0.385 e. The van der Waals surface area contributed by atoms with E-state index in [1.165, 1.54) is 0 Å². The van der Waals surface area contributed by atoms with Crippen LogP contribution in [0.1, 0.15) is 34.1 Å². The van der Waals surface area contributed by atoms with E-state index in [1.807, 2.05) is 6.92 Å². The molecule has 94 valence electrons. The van der Waals surface area contributed by atoms with Crippen LogP contribution in [0.15, 0.2) is 11.8 Å². The smallest absolute Gasteiger partial charge is 0.318 e. The number of allylic oxidation sites excluding steroid dienone is 1. The van der Waals surface area contributed by atoms with E-state index in [0.717, 1.165) is 12.0 Å². The monoisotopic (exact) mass is 228 g/mol. The first-order chi connectivity index (χ1) is 7.38. The summed E-state index contributed by atoms with van der Waals surface area (Å²) in [5.74, 6) is 0. The quantitative estimate of drug-likeness (QED) is 0.709. The average molecular weight is 228 g/mol. The zero-order chi connectivity index (χ0) is 12.6. The molecular weight excluding hydrogens is 204 g/mol. The van der Waals surface area contributed by atoms with Crippen molar-refractivity contribution >= 4 is 6.03 Å². The molecule has 4 nitrogen and oxygen atoms in total. The summed E-state index contributed by atoms with van der Waals surface area (Å²) in [4.78, 5) is 11.3. The molecule has 0 saturated heterocycles. The highest BCUT2D eigenvalue weighted by molar-refractivity contribution is 5.74. The number of nitrogens with one attached hydrogen (secondary N) is 2. The number of hydrogen-bond acceptors (Lipinski definition) is 2. The van der Waals surface area contributed by atoms with Crippen molar-refractivity contribution in [2.45, 2.75) is 34.1 Å². The second-order valence-electron chi connectivity index (χ2n) is 4.82. The molecule has 0 spiro atoms. The van der Waals surface area contributed by atoms with Gasteiger partial charge in [0.05, 0.1) is 0 Å². The Morgan fingerprint density at radius 3 is 2.50 bits per heavy atom. The molecule has 4 heteroatoms. The lowest BCUT2D eigenvalue weighted by molar-refractivity contribution is 0.193. The summed E-state index contributed by atoms with van der Waals surface area (Å²) in [6.45, 7) is 9.62. The van der Waals surface area contributed by atoms with Crippen LogP contribution in [0.4, 0.5) is 4.79 Å². The molecule has 0 unspecified atom stereocenters. The zero-order valence-electron chi connectivity index (χ0n) is 11.0. The van der Waals surface area contributed by atoms with Gasteiger partial charge >= 0.3 is 6.03 Å². The van der Waals surface area contributed by atoms with Gasteiger partial charge in [-0.1, -0.05) is 26.3 Å². The molecule has 0 aromatic rings. The van der Waals surface area contributed by atoms with Crippen molar-refractivity contribution in [1.82, 2.24) is 10.6 Å². The number of methoxy groups -OCH3 is 1. The van der Waals surface area contributed by atoms with Crippen molar-refractivity contribution in [3.63, 3.8) is 0 Å². The third-order valence-corrected chi connectivity index (χ3v) is 2.41. The van der Waals surface area contributed by atoms with Crippen LogP contribution in [0.3, 0.4) is 0 Å². The summed E-state index contributed by atoms with van der Waals surface area (Å²) in [5.41, 5.74) is 1.23. The van der Waals surface area contributed by atoms with Crippen LogP contribution >= 0.6 is 0 Å². The van der Waals surface area contributed by atoms with Gasteiger partial charge in [-0.15, -0.1) is 0 Å². The summed E-state index contributed by atoms with van der Waals surface area (Å²) in [7, 11) is 1.65. The summed E-state index contributed by atoms with van der Waals surface area (Å²) in [6.07, 6.45) is 2.58. The maximum atomic E-state index is 11.3. The number of amides is 2. The van der Waals surface area contributed by atoms with E-state index in [4.69, 9.17) is 4.74 Å². The van der Waals surface area contributed by atoms with Crippen molar-refractivity contribution in [3.8, 4) is 0 Å². The molecule has 0 atom stereocenters. The van der Waals surface area contributed by atoms with Crippen LogP contribution in [0, 0.1) is 5.41 Å². The van der Waals surface area contributed by atoms with Crippen molar-refractivity contribution in [3.05, 3.63) is 11.8 Å². The molecule has 0 aromatic carbocycles. The fourth-order valence-corrected chi connectivity index (χ4v) is 0.860. The molecule has 0 bridgehead atoms. The Bertz CT molecular complexity index is 242. The summed E-state index contributed by atoms with van der Waals surface area (Å²) < 4.78 is 4.88. The van der Waals surface area contributed by atoms with Gasteiger partial charge in [0.15, 0.2) is 0 Å². The Morgan fingerprint density at radius 1 is 1.38 bits per heavy atom. The SMILES string of the molecule is COCCCNC(=O)N/C=C(\C)C(C)(C)C. The van der Waals surface area contributed by atoms with Crippen LogP contribution in [0.2, 0.25) is 0 Å². The van der Waals surface area contributed by atoms with Crippen molar-refractivity contribution in [1.29, 1.82) is 0 Å². The van der Waals surface area contributed by atoms with Crippen LogP contribution in [0.25, 0.3) is 0 Å². The molecule has 2 N–H and O–H groups in total. The zero-order valence-corrected chi connectivity index (χ0v) is 11.0. The van der Waals surface area contributed by atoms with Gasteiger partial charge in [-0.3, -0.25) is 0 Å². The van der Waals surface area contributed by atoms with Gasteiger partial charge in [0, 0.05) is 26.5 Å². The lowest BCUT2D eigenvalue weighted by Gasteiger charge is -2.19. The average Bonchev–Trinajstić information content (AvgIpc) is 2.19. The van der Waals surface area contributed by atoms with Gasteiger partial charge in [-0.25, -0.2) is 4.79 Å². The van der Waals surface area contributed by atoms with E-state index >= 15 is 0 Å². The number of carbonyl (C=O) groups is 1. The summed E-state index contributed by atoms with van der Waals surface area (Å²) in [6, 6.07) is -0.167. The van der Waals surface area contributed by atoms with Crippen LogP contribution < -0.4 is 10.6 Å². The molecule has 0 aliphatic rings. The van der Waals surface area contributed by atoms with E-state index in [1.54, 1.807) is 13.3 Å². The molecule has 0 aliphatic heterocycles. The van der Waals surface area contributed by atoms with Crippen LogP contribution in [0.5, 0.6) is 0 Å². The van der Waals surface area contributed by atoms with Crippen molar-refractivity contribution in [2.75, 3.05) is 20.3 Å². The fraction of sp³-hybridized carbons (Fsp3) is 0.750. The molecule has 2 amide bonds. The molecule has 0 aliphatic carbocycles. The standard InChI is InChI=1S/C12H24N2O2/c1-10(12(2,3)4)9-14-11(15)13-7-6-8-16-5/h9H,6-8H2,1-5H3,(H2,13,14,15)/b10-9+. The van der Waals surface area contributed by atoms with E-state index in [9.17, 15) is 4.79 Å². The Labute approximate surface area is 98.4 Å². The molecule has 16 heavy (non-hydrogen) atoms. The van der Waals surface area contributed by atoms with E-state index in [0.29, 0.717) is 13.2 Å². The summed E-state index contributed by atoms with van der Waals surface area (Å²) >= 11 is 0. The molecular formula is C12H24N2O2.